The van der Waals surface area contributed by atoms with E-state index in [4.69, 9.17) is 10.5 Å². The lowest BCUT2D eigenvalue weighted by Crippen LogP contribution is -2.36. The summed E-state index contributed by atoms with van der Waals surface area (Å²) in [5.41, 5.74) is 7.94. The minimum Gasteiger partial charge on any atom is -0.397 e. The summed E-state index contributed by atoms with van der Waals surface area (Å²) < 4.78 is 5.36. The van der Waals surface area contributed by atoms with Crippen LogP contribution in [0.25, 0.3) is 0 Å². The van der Waals surface area contributed by atoms with Gasteiger partial charge in [0.15, 0.2) is 0 Å². The molecular weight excluding hydrogens is 188 g/mol. The lowest BCUT2D eigenvalue weighted by molar-refractivity contribution is 0.0855. The molecular formula is C12H18N2O. The number of rotatable bonds is 2. The number of anilines is 2. The van der Waals surface area contributed by atoms with Crippen LogP contribution < -0.4 is 10.6 Å². The Bertz CT molecular complexity index is 321. The monoisotopic (exact) mass is 206 g/mol. The lowest BCUT2D eigenvalue weighted by Gasteiger charge is -2.33. The van der Waals surface area contributed by atoms with Crippen LogP contribution in [-0.4, -0.2) is 26.3 Å². The van der Waals surface area contributed by atoms with Crippen LogP contribution in [0, 0.1) is 0 Å². The number of para-hydroxylation sites is 2. The van der Waals surface area contributed by atoms with Gasteiger partial charge in [-0.1, -0.05) is 12.1 Å². The Labute approximate surface area is 90.8 Å². The van der Waals surface area contributed by atoms with Crippen LogP contribution in [0.2, 0.25) is 0 Å². The number of hydrogen-bond acceptors (Lipinski definition) is 3. The molecule has 1 aliphatic heterocycles. The molecule has 0 aromatic heterocycles. The highest BCUT2D eigenvalue weighted by Gasteiger charge is 2.19. The molecule has 0 bridgehead atoms. The van der Waals surface area contributed by atoms with Crippen molar-refractivity contribution in [2.24, 2.45) is 0 Å². The first-order valence-corrected chi connectivity index (χ1v) is 5.44. The fraction of sp³-hybridized carbons (Fsp3) is 0.500. The molecule has 82 valence electrons. The van der Waals surface area contributed by atoms with Crippen molar-refractivity contribution in [1.82, 2.24) is 0 Å². The maximum atomic E-state index is 5.96. The summed E-state index contributed by atoms with van der Waals surface area (Å²) in [6.45, 7) is 1.73. The van der Waals surface area contributed by atoms with E-state index in [0.29, 0.717) is 6.04 Å². The second kappa shape index (κ2) is 4.53. The van der Waals surface area contributed by atoms with Crippen molar-refractivity contribution in [3.05, 3.63) is 24.3 Å². The predicted molar refractivity (Wildman–Crippen MR) is 63.1 cm³/mol. The summed E-state index contributed by atoms with van der Waals surface area (Å²) in [4.78, 5) is 2.28. The Morgan fingerprint density at radius 1 is 1.27 bits per heavy atom. The fourth-order valence-corrected chi connectivity index (χ4v) is 2.08. The van der Waals surface area contributed by atoms with Gasteiger partial charge in [0, 0.05) is 26.3 Å². The number of ether oxygens (including phenoxy) is 1. The average molecular weight is 206 g/mol. The highest BCUT2D eigenvalue weighted by Crippen LogP contribution is 2.26. The van der Waals surface area contributed by atoms with Gasteiger partial charge in [0.25, 0.3) is 0 Å². The molecule has 2 N–H and O–H groups in total. The molecule has 15 heavy (non-hydrogen) atoms. The Morgan fingerprint density at radius 2 is 1.93 bits per heavy atom. The van der Waals surface area contributed by atoms with Crippen molar-refractivity contribution in [2.45, 2.75) is 18.9 Å². The van der Waals surface area contributed by atoms with E-state index in [2.05, 4.69) is 18.0 Å². The number of nitrogens with two attached hydrogens (primary N) is 1. The van der Waals surface area contributed by atoms with Gasteiger partial charge < -0.3 is 15.4 Å². The van der Waals surface area contributed by atoms with Gasteiger partial charge in [-0.15, -0.1) is 0 Å². The maximum Gasteiger partial charge on any atom is 0.0599 e. The molecule has 0 unspecified atom stereocenters. The number of benzene rings is 1. The van der Waals surface area contributed by atoms with E-state index >= 15 is 0 Å². The average Bonchev–Trinajstić information content (AvgIpc) is 2.30. The van der Waals surface area contributed by atoms with Crippen molar-refractivity contribution < 1.29 is 4.74 Å². The van der Waals surface area contributed by atoms with E-state index in [1.54, 1.807) is 0 Å². The van der Waals surface area contributed by atoms with Crippen molar-refractivity contribution in [2.75, 3.05) is 30.9 Å². The minimum atomic E-state index is 0.559. The van der Waals surface area contributed by atoms with E-state index < -0.39 is 0 Å². The number of hydrogen-bond donors (Lipinski definition) is 1. The van der Waals surface area contributed by atoms with Gasteiger partial charge >= 0.3 is 0 Å². The van der Waals surface area contributed by atoms with Crippen LogP contribution in [0.5, 0.6) is 0 Å². The molecule has 0 atom stereocenters. The molecule has 0 aliphatic carbocycles. The molecule has 0 amide bonds. The molecule has 3 nitrogen and oxygen atoms in total. The molecule has 3 heteroatoms. The lowest BCUT2D eigenvalue weighted by atomic mass is 10.1. The van der Waals surface area contributed by atoms with E-state index in [-0.39, 0.29) is 0 Å². The van der Waals surface area contributed by atoms with Crippen molar-refractivity contribution in [3.63, 3.8) is 0 Å². The highest BCUT2D eigenvalue weighted by molar-refractivity contribution is 5.67. The molecule has 0 radical (unpaired) electrons. The van der Waals surface area contributed by atoms with Gasteiger partial charge in [-0.05, 0) is 25.0 Å². The summed E-state index contributed by atoms with van der Waals surface area (Å²) >= 11 is 0. The Morgan fingerprint density at radius 3 is 2.60 bits per heavy atom. The third-order valence-electron chi connectivity index (χ3n) is 3.06. The van der Waals surface area contributed by atoms with Crippen molar-refractivity contribution in [3.8, 4) is 0 Å². The Hall–Kier alpha value is -1.22. The van der Waals surface area contributed by atoms with E-state index in [0.717, 1.165) is 37.4 Å². The molecule has 1 aliphatic rings. The first-order valence-electron chi connectivity index (χ1n) is 5.44. The molecule has 2 rings (SSSR count). The van der Waals surface area contributed by atoms with E-state index in [9.17, 15) is 0 Å². The third-order valence-corrected chi connectivity index (χ3v) is 3.06. The number of nitrogens with zero attached hydrogens (tertiary/aromatic N) is 1. The first kappa shape index (κ1) is 10.3. The second-order valence-corrected chi connectivity index (χ2v) is 4.01. The molecule has 1 aromatic carbocycles. The summed E-state index contributed by atoms with van der Waals surface area (Å²) in [6, 6.07) is 8.58. The third kappa shape index (κ3) is 2.23. The zero-order valence-electron chi connectivity index (χ0n) is 9.15. The standard InChI is InChI=1S/C12H18N2O/c1-14(10-6-8-15-9-7-10)12-5-3-2-4-11(12)13/h2-5,10H,6-9,13H2,1H3. The summed E-state index contributed by atoms with van der Waals surface area (Å²) in [7, 11) is 2.11. The van der Waals surface area contributed by atoms with Gasteiger partial charge in [-0.2, -0.15) is 0 Å². The Balaban J connectivity index is 2.12. The second-order valence-electron chi connectivity index (χ2n) is 4.01. The van der Waals surface area contributed by atoms with Gasteiger partial charge in [-0.25, -0.2) is 0 Å². The first-order chi connectivity index (χ1) is 7.29. The molecule has 0 saturated carbocycles. The minimum absolute atomic E-state index is 0.559. The quantitative estimate of drug-likeness (QED) is 0.751. The Kier molecular flexibility index (Phi) is 3.11. The van der Waals surface area contributed by atoms with Crippen LogP contribution >= 0.6 is 0 Å². The predicted octanol–water partition coefficient (Wildman–Crippen LogP) is 1.88. The zero-order valence-corrected chi connectivity index (χ0v) is 9.15. The molecule has 1 aromatic rings. The van der Waals surface area contributed by atoms with Crippen LogP contribution in [0.1, 0.15) is 12.8 Å². The summed E-state index contributed by atoms with van der Waals surface area (Å²) in [6.07, 6.45) is 2.18. The van der Waals surface area contributed by atoms with Gasteiger partial charge in [-0.3, -0.25) is 0 Å². The maximum absolute atomic E-state index is 5.96. The smallest absolute Gasteiger partial charge is 0.0599 e. The van der Waals surface area contributed by atoms with Crippen LogP contribution in [0.3, 0.4) is 0 Å². The molecule has 1 fully saturated rings. The zero-order chi connectivity index (χ0) is 10.7. The molecule has 1 saturated heterocycles. The topological polar surface area (TPSA) is 38.5 Å². The van der Waals surface area contributed by atoms with Crippen molar-refractivity contribution in [1.29, 1.82) is 0 Å². The van der Waals surface area contributed by atoms with Crippen molar-refractivity contribution >= 4 is 11.4 Å². The highest BCUT2D eigenvalue weighted by atomic mass is 16.5. The fourth-order valence-electron chi connectivity index (χ4n) is 2.08. The van der Waals surface area contributed by atoms with E-state index in [1.165, 1.54) is 0 Å². The van der Waals surface area contributed by atoms with Crippen LogP contribution in [-0.2, 0) is 4.74 Å². The SMILES string of the molecule is CN(c1ccccc1N)C1CCOCC1. The molecule has 0 spiro atoms. The van der Waals surface area contributed by atoms with Crippen LogP contribution in [0.4, 0.5) is 11.4 Å². The van der Waals surface area contributed by atoms with Gasteiger partial charge in [0.2, 0.25) is 0 Å². The van der Waals surface area contributed by atoms with Gasteiger partial charge in [0.1, 0.15) is 0 Å². The van der Waals surface area contributed by atoms with E-state index in [1.807, 2.05) is 18.2 Å². The normalized spacial score (nSPS) is 17.7. The summed E-state index contributed by atoms with van der Waals surface area (Å²) in [5, 5.41) is 0. The number of nitrogen functional groups attached to an aromatic ring is 1. The largest absolute Gasteiger partial charge is 0.397 e. The van der Waals surface area contributed by atoms with Gasteiger partial charge in [0.05, 0.1) is 11.4 Å². The molecule has 1 heterocycles. The summed E-state index contributed by atoms with van der Waals surface area (Å²) in [5.74, 6) is 0. The van der Waals surface area contributed by atoms with Crippen LogP contribution in [0.15, 0.2) is 24.3 Å².